The number of nitrogens with zero attached hydrogens (tertiary/aromatic N) is 1. The molecule has 0 bridgehead atoms. The van der Waals surface area contributed by atoms with E-state index in [1.165, 1.54) is 18.1 Å². The van der Waals surface area contributed by atoms with Crippen molar-refractivity contribution in [2.24, 2.45) is 17.8 Å². The third-order valence-electron chi connectivity index (χ3n) is 8.32. The third kappa shape index (κ3) is 3.96. The van der Waals surface area contributed by atoms with Crippen LogP contribution in [0.25, 0.3) is 6.08 Å². The number of methoxy groups -OCH3 is 1. The van der Waals surface area contributed by atoms with Crippen molar-refractivity contribution >= 4 is 73.7 Å². The molecule has 4 aliphatic rings. The molecule has 0 saturated carbocycles. The minimum absolute atomic E-state index is 0.0190. The summed E-state index contributed by atoms with van der Waals surface area (Å²) in [6.07, 6.45) is 5.47. The highest BCUT2D eigenvalue weighted by molar-refractivity contribution is 14.1. The Hall–Kier alpha value is -3.31. The SMILES string of the molecule is C=Cc1ccc(N2C(=O)[C@H]3[C@H](CC=C4[C@H](c5cc(I)c(O)c(OC)c5)C5=C(C[C@H]43)C(=O)C(Br)=CC5=O)C2=O)cc1. The van der Waals surface area contributed by atoms with Crippen LogP contribution in [0.15, 0.2) is 76.3 Å². The number of hydrogen-bond donors (Lipinski definition) is 1. The van der Waals surface area contributed by atoms with E-state index in [-0.39, 0.29) is 45.8 Å². The maximum absolute atomic E-state index is 14.0. The maximum atomic E-state index is 14.0. The van der Waals surface area contributed by atoms with E-state index in [0.717, 1.165) is 11.1 Å². The number of rotatable bonds is 4. The van der Waals surface area contributed by atoms with Crippen LogP contribution in [0, 0.1) is 21.3 Å². The molecule has 1 heterocycles. The number of amides is 2. The molecule has 0 radical (unpaired) electrons. The number of allylic oxidation sites excluding steroid dienone is 6. The first-order chi connectivity index (χ1) is 19.2. The van der Waals surface area contributed by atoms with Gasteiger partial charge in [0.1, 0.15) is 0 Å². The van der Waals surface area contributed by atoms with Gasteiger partial charge in [0.2, 0.25) is 11.8 Å². The number of Topliss-reactive ketones (excluding diaryl/α,β-unsaturated/α-hetero) is 1. The number of carbonyl (C=O) groups is 4. The number of phenolic OH excluding ortho intramolecular Hbond substituents is 1. The van der Waals surface area contributed by atoms with E-state index in [4.69, 9.17) is 4.74 Å². The zero-order chi connectivity index (χ0) is 28.5. The van der Waals surface area contributed by atoms with Gasteiger partial charge in [0.25, 0.3) is 0 Å². The molecule has 4 atom stereocenters. The lowest BCUT2D eigenvalue weighted by atomic mass is 9.59. The van der Waals surface area contributed by atoms with E-state index < -0.39 is 23.7 Å². The highest BCUT2D eigenvalue weighted by Crippen LogP contribution is 2.56. The first-order valence-electron chi connectivity index (χ1n) is 12.7. The molecule has 0 aromatic heterocycles. The van der Waals surface area contributed by atoms with Crippen molar-refractivity contribution in [3.8, 4) is 11.5 Å². The Balaban J connectivity index is 1.49. The number of phenols is 1. The average molecular weight is 712 g/mol. The molecule has 7 nitrogen and oxygen atoms in total. The quantitative estimate of drug-likeness (QED) is 0.192. The van der Waals surface area contributed by atoms with E-state index >= 15 is 0 Å². The van der Waals surface area contributed by atoms with Gasteiger partial charge >= 0.3 is 0 Å². The Morgan fingerprint density at radius 1 is 1.10 bits per heavy atom. The largest absolute Gasteiger partial charge is 0.504 e. The van der Waals surface area contributed by atoms with Crippen molar-refractivity contribution in [1.29, 1.82) is 0 Å². The lowest BCUT2D eigenvalue weighted by molar-refractivity contribution is -0.123. The summed E-state index contributed by atoms with van der Waals surface area (Å²) in [5.41, 5.74) is 3.59. The van der Waals surface area contributed by atoms with E-state index in [2.05, 4.69) is 22.5 Å². The summed E-state index contributed by atoms with van der Waals surface area (Å²) in [6, 6.07) is 10.5. The first-order valence-corrected chi connectivity index (χ1v) is 14.6. The predicted octanol–water partition coefficient (Wildman–Crippen LogP) is 5.62. The van der Waals surface area contributed by atoms with Crippen molar-refractivity contribution in [2.45, 2.75) is 18.8 Å². The Kier molecular flexibility index (Phi) is 6.69. The summed E-state index contributed by atoms with van der Waals surface area (Å²) in [7, 11) is 1.45. The molecule has 0 spiro atoms. The third-order valence-corrected chi connectivity index (χ3v) is 9.73. The number of ketones is 2. The fourth-order valence-electron chi connectivity index (χ4n) is 6.52. The molecule has 6 rings (SSSR count). The molecular formula is C31H23BrINO6. The Labute approximate surface area is 252 Å². The summed E-state index contributed by atoms with van der Waals surface area (Å²) in [5.74, 6) is -3.24. The molecule has 2 amide bonds. The standard InChI is InChI=1S/C31H23BrINO6/c1-3-14-4-6-16(7-5-14)34-30(38)18-9-8-17-19(26(18)31(34)39)12-20-27(23(35)13-21(32)28(20)36)25(17)15-10-22(33)29(37)24(11-15)40-2/h3-8,10-11,13,18-19,25-26,37H,1,9,12H2,2H3/t18-,19+,25-,26-/m0/s1. The summed E-state index contributed by atoms with van der Waals surface area (Å²) in [6.45, 7) is 3.76. The van der Waals surface area contributed by atoms with E-state index in [0.29, 0.717) is 32.4 Å². The molecule has 9 heteroatoms. The van der Waals surface area contributed by atoms with Crippen LogP contribution < -0.4 is 9.64 Å². The van der Waals surface area contributed by atoms with Gasteiger partial charge in [-0.1, -0.05) is 36.4 Å². The first kappa shape index (κ1) is 26.9. The maximum Gasteiger partial charge on any atom is 0.238 e. The Morgan fingerprint density at radius 3 is 2.50 bits per heavy atom. The number of anilines is 1. The molecular weight excluding hydrogens is 689 g/mol. The summed E-state index contributed by atoms with van der Waals surface area (Å²) < 4.78 is 6.10. The minimum Gasteiger partial charge on any atom is -0.504 e. The van der Waals surface area contributed by atoms with Crippen LogP contribution in [0.1, 0.15) is 29.9 Å². The number of carbonyl (C=O) groups excluding carboxylic acids is 4. The molecule has 40 heavy (non-hydrogen) atoms. The van der Waals surface area contributed by atoms with Gasteiger partial charge in [0.15, 0.2) is 23.1 Å². The van der Waals surface area contributed by atoms with Gasteiger partial charge in [-0.05, 0) is 92.7 Å². The van der Waals surface area contributed by atoms with Crippen LogP contribution in [0.3, 0.4) is 0 Å². The van der Waals surface area contributed by atoms with Gasteiger partial charge in [0.05, 0.1) is 32.7 Å². The number of aromatic hydroxyl groups is 1. The Bertz CT molecular complexity index is 1640. The fourth-order valence-corrected chi connectivity index (χ4v) is 7.59. The van der Waals surface area contributed by atoms with Crippen molar-refractivity contribution < 1.29 is 29.0 Å². The zero-order valence-corrected chi connectivity index (χ0v) is 25.1. The van der Waals surface area contributed by atoms with E-state index in [1.807, 2.05) is 28.7 Å². The van der Waals surface area contributed by atoms with Gasteiger partial charge in [0, 0.05) is 23.1 Å². The highest BCUT2D eigenvalue weighted by Gasteiger charge is 2.56. The normalized spacial score (nSPS) is 25.7. The van der Waals surface area contributed by atoms with Crippen LogP contribution in [-0.4, -0.2) is 35.6 Å². The van der Waals surface area contributed by atoms with Gasteiger partial charge in [-0.25, -0.2) is 0 Å². The van der Waals surface area contributed by atoms with Gasteiger partial charge < -0.3 is 9.84 Å². The van der Waals surface area contributed by atoms with Gasteiger partial charge in [-0.15, -0.1) is 0 Å². The molecule has 0 unspecified atom stereocenters. The van der Waals surface area contributed by atoms with Crippen LogP contribution >= 0.6 is 38.5 Å². The van der Waals surface area contributed by atoms with E-state index in [1.54, 1.807) is 42.5 Å². The number of ether oxygens (including phenoxy) is 1. The number of fused-ring (bicyclic) bond motifs is 3. The fraction of sp³-hybridized carbons (Fsp3) is 0.226. The molecule has 2 aromatic carbocycles. The molecule has 1 saturated heterocycles. The van der Waals surface area contributed by atoms with Gasteiger partial charge in [-0.2, -0.15) is 0 Å². The van der Waals surface area contributed by atoms with Crippen LogP contribution in [0.2, 0.25) is 0 Å². The second-order valence-electron chi connectivity index (χ2n) is 10.3. The van der Waals surface area contributed by atoms with Gasteiger partial charge in [-0.3, -0.25) is 24.1 Å². The lowest BCUT2D eigenvalue weighted by Gasteiger charge is -2.42. The van der Waals surface area contributed by atoms with Crippen molar-refractivity contribution in [3.63, 3.8) is 0 Å². The second kappa shape index (κ2) is 9.95. The molecule has 1 N–H and O–H groups in total. The summed E-state index contributed by atoms with van der Waals surface area (Å²) in [4.78, 5) is 55.7. The molecule has 1 fully saturated rings. The van der Waals surface area contributed by atoms with Crippen LogP contribution in [-0.2, 0) is 19.2 Å². The topological polar surface area (TPSA) is 101 Å². The predicted molar refractivity (Wildman–Crippen MR) is 161 cm³/mol. The van der Waals surface area contributed by atoms with Crippen LogP contribution in [0.5, 0.6) is 11.5 Å². The van der Waals surface area contributed by atoms with Crippen LogP contribution in [0.4, 0.5) is 5.69 Å². The molecule has 3 aliphatic carbocycles. The molecule has 202 valence electrons. The number of halogens is 2. The number of imide groups is 1. The smallest absolute Gasteiger partial charge is 0.238 e. The summed E-state index contributed by atoms with van der Waals surface area (Å²) >= 11 is 5.24. The van der Waals surface area contributed by atoms with Crippen molar-refractivity contribution in [2.75, 3.05) is 12.0 Å². The minimum atomic E-state index is -0.672. The van der Waals surface area contributed by atoms with Crippen molar-refractivity contribution in [1.82, 2.24) is 0 Å². The second-order valence-corrected chi connectivity index (χ2v) is 12.3. The molecule has 2 aromatic rings. The highest BCUT2D eigenvalue weighted by atomic mass is 127. The zero-order valence-electron chi connectivity index (χ0n) is 21.3. The van der Waals surface area contributed by atoms with E-state index in [9.17, 15) is 24.3 Å². The monoisotopic (exact) mass is 711 g/mol. The average Bonchev–Trinajstić information content (AvgIpc) is 3.21. The summed E-state index contributed by atoms with van der Waals surface area (Å²) in [5, 5.41) is 10.5. The lowest BCUT2D eigenvalue weighted by Crippen LogP contribution is -2.39. The number of benzene rings is 2. The van der Waals surface area contributed by atoms with Crippen molar-refractivity contribution in [3.05, 3.63) is 91.0 Å². The Morgan fingerprint density at radius 2 is 1.82 bits per heavy atom. The number of hydrogen-bond acceptors (Lipinski definition) is 6. The molecule has 1 aliphatic heterocycles.